The van der Waals surface area contributed by atoms with Crippen molar-refractivity contribution in [3.8, 4) is 5.75 Å². The van der Waals surface area contributed by atoms with Gasteiger partial charge in [-0.15, -0.1) is 0 Å². The first-order valence-corrected chi connectivity index (χ1v) is 7.97. The third kappa shape index (κ3) is 3.59. The van der Waals surface area contributed by atoms with Gasteiger partial charge in [0.25, 0.3) is 0 Å². The highest BCUT2D eigenvalue weighted by atomic mass is 32.2. The number of pyridine rings is 1. The number of nitrogens with one attached hydrogen (secondary N) is 1. The Hall–Kier alpha value is -1.92. The minimum atomic E-state index is -3.66. The van der Waals surface area contributed by atoms with Gasteiger partial charge in [0, 0.05) is 6.20 Å². The van der Waals surface area contributed by atoms with E-state index in [9.17, 15) is 8.42 Å². The Kier molecular flexibility index (Phi) is 4.59. The third-order valence-electron chi connectivity index (χ3n) is 3.24. The van der Waals surface area contributed by atoms with E-state index in [1.54, 1.807) is 30.5 Å². The maximum atomic E-state index is 12.4. The summed E-state index contributed by atoms with van der Waals surface area (Å²) in [6.45, 7) is 3.92. The number of aromatic nitrogens is 1. The molecule has 1 aromatic carbocycles. The van der Waals surface area contributed by atoms with Gasteiger partial charge in [0.05, 0.1) is 19.3 Å². The van der Waals surface area contributed by atoms with Crippen molar-refractivity contribution in [2.45, 2.75) is 25.3 Å². The highest BCUT2D eigenvalue weighted by molar-refractivity contribution is 7.89. The number of ether oxygens (including phenoxy) is 1. The fourth-order valence-electron chi connectivity index (χ4n) is 1.88. The van der Waals surface area contributed by atoms with Gasteiger partial charge >= 0.3 is 0 Å². The Morgan fingerprint density at radius 3 is 2.52 bits per heavy atom. The minimum Gasteiger partial charge on any atom is -0.495 e. The Labute approximate surface area is 125 Å². The van der Waals surface area contributed by atoms with Crippen LogP contribution in [0.3, 0.4) is 0 Å². The molecule has 2 aromatic rings. The lowest BCUT2D eigenvalue weighted by Crippen LogP contribution is -2.24. The van der Waals surface area contributed by atoms with E-state index in [0.29, 0.717) is 11.4 Å². The van der Waals surface area contributed by atoms with Crippen LogP contribution >= 0.6 is 0 Å². The van der Waals surface area contributed by atoms with E-state index in [-0.39, 0.29) is 11.4 Å². The zero-order valence-electron chi connectivity index (χ0n) is 12.3. The molecule has 6 heteroatoms. The Bertz CT molecular complexity index is 728. The predicted molar refractivity (Wildman–Crippen MR) is 80.7 cm³/mol. The van der Waals surface area contributed by atoms with Gasteiger partial charge < -0.3 is 4.74 Å². The summed E-state index contributed by atoms with van der Waals surface area (Å²) in [6.07, 6.45) is 1.63. The van der Waals surface area contributed by atoms with Gasteiger partial charge in [0.2, 0.25) is 10.0 Å². The average molecular weight is 306 g/mol. The second-order valence-corrected chi connectivity index (χ2v) is 6.47. The van der Waals surface area contributed by atoms with Gasteiger partial charge in [-0.3, -0.25) is 4.98 Å². The molecule has 0 aliphatic heterocycles. The second-order valence-electron chi connectivity index (χ2n) is 4.73. The lowest BCUT2D eigenvalue weighted by atomic mass is 10.1. The molecule has 0 unspecified atom stereocenters. The number of hydrogen-bond donors (Lipinski definition) is 1. The van der Waals surface area contributed by atoms with Gasteiger partial charge in [0.1, 0.15) is 10.6 Å². The molecule has 0 saturated carbocycles. The number of nitrogens with zero attached hydrogens (tertiary/aromatic N) is 1. The van der Waals surface area contributed by atoms with Gasteiger partial charge in [-0.2, -0.15) is 0 Å². The summed E-state index contributed by atoms with van der Waals surface area (Å²) in [4.78, 5) is 4.23. The Morgan fingerprint density at radius 1 is 1.19 bits per heavy atom. The smallest absolute Gasteiger partial charge is 0.244 e. The first-order chi connectivity index (χ1) is 9.94. The summed E-state index contributed by atoms with van der Waals surface area (Å²) in [5.41, 5.74) is 2.54. The van der Waals surface area contributed by atoms with Gasteiger partial charge in [-0.1, -0.05) is 6.07 Å². The normalized spacial score (nSPS) is 11.4. The number of methoxy groups -OCH3 is 1. The SMILES string of the molecule is COc1cc(C)c(C)cc1S(=O)(=O)NCc1ccccn1. The third-order valence-corrected chi connectivity index (χ3v) is 4.66. The summed E-state index contributed by atoms with van der Waals surface area (Å²) in [5, 5.41) is 0. The number of hydrogen-bond acceptors (Lipinski definition) is 4. The highest BCUT2D eigenvalue weighted by Crippen LogP contribution is 2.27. The molecule has 0 aliphatic rings. The van der Waals surface area contributed by atoms with Crippen LogP contribution in [0.2, 0.25) is 0 Å². The molecule has 0 bridgehead atoms. The summed E-state index contributed by atoms with van der Waals surface area (Å²) in [6, 6.07) is 8.71. The molecule has 1 heterocycles. The van der Waals surface area contributed by atoms with E-state index in [1.807, 2.05) is 19.9 Å². The first-order valence-electron chi connectivity index (χ1n) is 6.49. The molecule has 0 aliphatic carbocycles. The van der Waals surface area contributed by atoms with Gasteiger partial charge in [-0.25, -0.2) is 13.1 Å². The Balaban J connectivity index is 2.29. The second kappa shape index (κ2) is 6.24. The fourth-order valence-corrected chi connectivity index (χ4v) is 3.11. The van der Waals surface area contributed by atoms with E-state index >= 15 is 0 Å². The summed E-state index contributed by atoms with van der Waals surface area (Å²) in [7, 11) is -2.20. The molecule has 21 heavy (non-hydrogen) atoms. The van der Waals surface area contributed by atoms with Crippen LogP contribution in [0.25, 0.3) is 0 Å². The summed E-state index contributed by atoms with van der Waals surface area (Å²) in [5.74, 6) is 0.339. The molecular weight excluding hydrogens is 288 g/mol. The topological polar surface area (TPSA) is 68.3 Å². The van der Waals surface area contributed by atoms with Crippen molar-refractivity contribution in [1.82, 2.24) is 9.71 Å². The molecule has 0 fully saturated rings. The predicted octanol–water partition coefficient (Wildman–Crippen LogP) is 2.19. The lowest BCUT2D eigenvalue weighted by molar-refractivity contribution is 0.401. The van der Waals surface area contributed by atoms with Crippen molar-refractivity contribution < 1.29 is 13.2 Å². The highest BCUT2D eigenvalue weighted by Gasteiger charge is 2.20. The van der Waals surface area contributed by atoms with E-state index in [2.05, 4.69) is 9.71 Å². The molecule has 0 atom stereocenters. The van der Waals surface area contributed by atoms with Crippen LogP contribution in [-0.2, 0) is 16.6 Å². The van der Waals surface area contributed by atoms with Crippen LogP contribution in [0.5, 0.6) is 5.75 Å². The number of aryl methyl sites for hydroxylation is 2. The fraction of sp³-hybridized carbons (Fsp3) is 0.267. The molecule has 112 valence electrons. The van der Waals surface area contributed by atoms with E-state index < -0.39 is 10.0 Å². The van der Waals surface area contributed by atoms with Gasteiger partial charge in [0.15, 0.2) is 0 Å². The standard InChI is InChI=1S/C15H18N2O3S/c1-11-8-14(20-3)15(9-12(11)2)21(18,19)17-10-13-6-4-5-7-16-13/h4-9,17H,10H2,1-3H3. The average Bonchev–Trinajstić information content (AvgIpc) is 2.48. The van der Waals surface area contributed by atoms with Crippen LogP contribution in [-0.4, -0.2) is 20.5 Å². The Morgan fingerprint density at radius 2 is 1.90 bits per heavy atom. The monoisotopic (exact) mass is 306 g/mol. The van der Waals surface area contributed by atoms with Crippen LogP contribution < -0.4 is 9.46 Å². The number of benzene rings is 1. The molecule has 0 radical (unpaired) electrons. The molecule has 5 nitrogen and oxygen atoms in total. The number of sulfonamides is 1. The molecule has 0 spiro atoms. The number of rotatable bonds is 5. The van der Waals surface area contributed by atoms with Crippen molar-refractivity contribution in [3.05, 3.63) is 53.3 Å². The zero-order valence-corrected chi connectivity index (χ0v) is 13.1. The first kappa shape index (κ1) is 15.5. The molecule has 2 rings (SSSR count). The van der Waals surface area contributed by atoms with E-state index in [1.165, 1.54) is 7.11 Å². The maximum absolute atomic E-state index is 12.4. The van der Waals surface area contributed by atoms with Crippen LogP contribution in [0.4, 0.5) is 0 Å². The minimum absolute atomic E-state index is 0.138. The van der Waals surface area contributed by atoms with Crippen LogP contribution in [0.15, 0.2) is 41.4 Å². The van der Waals surface area contributed by atoms with Crippen LogP contribution in [0.1, 0.15) is 16.8 Å². The van der Waals surface area contributed by atoms with Crippen molar-refractivity contribution in [2.24, 2.45) is 0 Å². The van der Waals surface area contributed by atoms with Crippen molar-refractivity contribution in [3.63, 3.8) is 0 Å². The van der Waals surface area contributed by atoms with Crippen LogP contribution in [0, 0.1) is 13.8 Å². The lowest BCUT2D eigenvalue weighted by Gasteiger charge is -2.13. The van der Waals surface area contributed by atoms with E-state index in [4.69, 9.17) is 4.74 Å². The van der Waals surface area contributed by atoms with Crippen molar-refractivity contribution in [2.75, 3.05) is 7.11 Å². The van der Waals surface area contributed by atoms with E-state index in [0.717, 1.165) is 11.1 Å². The molecule has 0 saturated heterocycles. The zero-order chi connectivity index (χ0) is 15.5. The largest absolute Gasteiger partial charge is 0.495 e. The van der Waals surface area contributed by atoms with Crippen molar-refractivity contribution >= 4 is 10.0 Å². The molecular formula is C15H18N2O3S. The summed E-state index contributed by atoms with van der Waals surface area (Å²) < 4.78 is 32.6. The van der Waals surface area contributed by atoms with Gasteiger partial charge in [-0.05, 0) is 49.2 Å². The van der Waals surface area contributed by atoms with Crippen molar-refractivity contribution in [1.29, 1.82) is 0 Å². The quantitative estimate of drug-likeness (QED) is 0.919. The molecule has 1 N–H and O–H groups in total. The molecule has 1 aromatic heterocycles. The summed E-state index contributed by atoms with van der Waals surface area (Å²) >= 11 is 0. The maximum Gasteiger partial charge on any atom is 0.244 e. The molecule has 0 amide bonds.